The zero-order valence-electron chi connectivity index (χ0n) is 35.8. The van der Waals surface area contributed by atoms with Crippen molar-refractivity contribution in [2.75, 3.05) is 19.0 Å². The molecule has 4 aromatic rings. The van der Waals surface area contributed by atoms with E-state index in [-0.39, 0.29) is 41.5 Å². The number of carbonyl (C=O) groups excluding carboxylic acids is 6. The van der Waals surface area contributed by atoms with Gasteiger partial charge in [-0.2, -0.15) is 18.8 Å². The molecule has 0 saturated carbocycles. The lowest BCUT2D eigenvalue weighted by Crippen LogP contribution is -2.43. The summed E-state index contributed by atoms with van der Waals surface area (Å²) in [5, 5.41) is 33.4. The van der Waals surface area contributed by atoms with E-state index in [0.717, 1.165) is 4.80 Å². The molecule has 25 heteroatoms. The van der Waals surface area contributed by atoms with E-state index in [4.69, 9.17) is 21.1 Å². The molecular weight excluding hydrogens is 854 g/mol. The lowest BCUT2D eigenvalue weighted by Gasteiger charge is -2.20. The molecule has 0 radical (unpaired) electrons. The van der Waals surface area contributed by atoms with Gasteiger partial charge >= 0.3 is 12.2 Å². The fourth-order valence-corrected chi connectivity index (χ4v) is 5.09. The van der Waals surface area contributed by atoms with E-state index < -0.39 is 59.2 Å². The van der Waals surface area contributed by atoms with Gasteiger partial charge in [0.15, 0.2) is 24.2 Å². The topological polar surface area (TPSA) is 293 Å². The van der Waals surface area contributed by atoms with Crippen molar-refractivity contribution in [2.45, 2.75) is 110 Å². The highest BCUT2D eigenvalue weighted by atomic mass is 35.5. The first-order valence-corrected chi connectivity index (χ1v) is 20.1. The van der Waals surface area contributed by atoms with Crippen LogP contribution in [0.5, 0.6) is 0 Å². The molecule has 0 aliphatic heterocycles. The number of Topliss-reactive ketones (excluding diaryl/α,β-unsaturated/α-hetero) is 2. The van der Waals surface area contributed by atoms with Gasteiger partial charge in [0.1, 0.15) is 17.7 Å². The molecule has 0 spiro atoms. The number of unbranched alkanes of at least 4 members (excludes halogenated alkanes) is 2. The van der Waals surface area contributed by atoms with Crippen LogP contribution in [0, 0.1) is 11.9 Å². The van der Waals surface area contributed by atoms with Crippen LogP contribution in [0.3, 0.4) is 0 Å². The third-order valence-corrected chi connectivity index (χ3v) is 7.92. The molecule has 4 aromatic heterocycles. The highest BCUT2D eigenvalue weighted by Crippen LogP contribution is 2.11. The van der Waals surface area contributed by atoms with Crippen LogP contribution in [0.15, 0.2) is 49.3 Å². The molecule has 0 fully saturated rings. The smallest absolute Gasteiger partial charge is 0.407 e. The Bertz CT molecular complexity index is 2000. The Morgan fingerprint density at radius 3 is 1.59 bits per heavy atom. The second-order valence-electron chi connectivity index (χ2n) is 15.2. The van der Waals surface area contributed by atoms with E-state index in [2.05, 4.69) is 67.3 Å². The van der Waals surface area contributed by atoms with E-state index in [9.17, 15) is 37.5 Å². The highest BCUT2D eigenvalue weighted by Gasteiger charge is 2.25. The number of H-pyrrole nitrogens is 1. The van der Waals surface area contributed by atoms with Crippen molar-refractivity contribution < 1.29 is 47.0 Å². The predicted octanol–water partition coefficient (Wildman–Crippen LogP) is 3.29. The molecule has 0 saturated heterocycles. The number of ether oxygens (including phenoxy) is 2. The number of tetrazole rings is 2. The Morgan fingerprint density at radius 2 is 1.22 bits per heavy atom. The molecule has 4 rings (SSSR count). The second kappa shape index (κ2) is 27.4. The SMILES string of the molecule is CC(C)(C)OC(=O)NCCCC[C@H](NC(=O)c1cccnc1F)C(=O)CCl.CC(C)(C)OC(=O)NCCCC[C@H](NC(=O)c1cccnc1F)C(=O)Cn1ncnn1.c1nn[nH]n1. The van der Waals surface area contributed by atoms with Gasteiger partial charge < -0.3 is 30.7 Å². The number of pyridine rings is 2. The van der Waals surface area contributed by atoms with Crippen molar-refractivity contribution in [3.8, 4) is 0 Å². The van der Waals surface area contributed by atoms with Crippen LogP contribution >= 0.6 is 11.6 Å². The first-order valence-electron chi connectivity index (χ1n) is 19.5. The van der Waals surface area contributed by atoms with Gasteiger partial charge in [-0.1, -0.05) is 5.21 Å². The maximum atomic E-state index is 13.8. The average Bonchev–Trinajstić information content (AvgIpc) is 3.97. The first-order chi connectivity index (χ1) is 29.8. The largest absolute Gasteiger partial charge is 0.444 e. The standard InChI is InChI=1S/C19H26FN7O4.C18H25ClFN3O4.CH2N4/c1-19(2,3)31-18(30)22-9-5-4-8-14(15(28)11-27-24-12-23-26-27)25-17(29)13-7-6-10-21-16(13)20;1-18(2,3)27-17(26)22-9-5-4-8-13(14(24)11-19)23-16(25)12-7-6-10-21-15(12)20;1-2-4-5-3-1/h6-7,10,12,14H,4-5,8-9,11H2,1-3H3,(H,22,30)(H,25,29);6-7,10,13H,4-5,8-9,11H2,1-3H3,(H,22,26)(H,23,25);1H,(H,2,3,4,5)/t14-;13-;/m00./s1. The molecule has 63 heavy (non-hydrogen) atoms. The normalized spacial score (nSPS) is 11.8. The van der Waals surface area contributed by atoms with Crippen LogP contribution in [0.25, 0.3) is 0 Å². The van der Waals surface area contributed by atoms with E-state index in [0.29, 0.717) is 45.2 Å². The van der Waals surface area contributed by atoms with Gasteiger partial charge in [0.25, 0.3) is 11.8 Å². The number of hydrogen-bond acceptors (Lipinski definition) is 16. The Labute approximate surface area is 366 Å². The van der Waals surface area contributed by atoms with Crippen molar-refractivity contribution in [1.82, 2.24) is 72.1 Å². The van der Waals surface area contributed by atoms with Gasteiger partial charge in [-0.25, -0.2) is 19.6 Å². The van der Waals surface area contributed by atoms with Gasteiger partial charge in [0.05, 0.1) is 29.1 Å². The summed E-state index contributed by atoms with van der Waals surface area (Å²) in [4.78, 5) is 80.3. The maximum absolute atomic E-state index is 13.8. The summed E-state index contributed by atoms with van der Waals surface area (Å²) in [6, 6.07) is 3.68. The molecule has 344 valence electrons. The molecule has 22 nitrogen and oxygen atoms in total. The van der Waals surface area contributed by atoms with E-state index in [1.54, 1.807) is 41.5 Å². The van der Waals surface area contributed by atoms with E-state index >= 15 is 0 Å². The summed E-state index contributed by atoms with van der Waals surface area (Å²) in [5.41, 5.74) is -1.67. The van der Waals surface area contributed by atoms with Crippen molar-refractivity contribution >= 4 is 47.2 Å². The number of aromatic nitrogens is 10. The predicted molar refractivity (Wildman–Crippen MR) is 220 cm³/mol. The molecule has 0 aromatic carbocycles. The summed E-state index contributed by atoms with van der Waals surface area (Å²) in [6.07, 6.45) is 6.68. The van der Waals surface area contributed by atoms with Crippen LogP contribution < -0.4 is 21.3 Å². The van der Waals surface area contributed by atoms with Gasteiger partial charge in [0, 0.05) is 25.5 Å². The summed E-state index contributed by atoms with van der Waals surface area (Å²) in [6.45, 7) is 11.1. The van der Waals surface area contributed by atoms with Crippen molar-refractivity contribution in [3.63, 3.8) is 0 Å². The second-order valence-corrected chi connectivity index (χ2v) is 15.4. The molecule has 2 atom stereocenters. The number of alkyl carbamates (subject to hydrolysis) is 2. The number of halogens is 3. The Morgan fingerprint density at radius 1 is 0.730 bits per heavy atom. The number of nitrogens with zero attached hydrogens (tertiary/aromatic N) is 9. The average molecular weight is 907 g/mol. The van der Waals surface area contributed by atoms with Crippen LogP contribution in [-0.2, 0) is 25.6 Å². The third-order valence-electron chi connectivity index (χ3n) is 7.66. The van der Waals surface area contributed by atoms with Crippen molar-refractivity contribution in [1.29, 1.82) is 0 Å². The van der Waals surface area contributed by atoms with Gasteiger partial charge in [-0.3, -0.25) is 19.2 Å². The minimum absolute atomic E-state index is 0.198. The first kappa shape index (κ1) is 52.5. The quantitative estimate of drug-likeness (QED) is 0.0512. The summed E-state index contributed by atoms with van der Waals surface area (Å²) < 4.78 is 37.6. The van der Waals surface area contributed by atoms with E-state index in [1.807, 2.05) is 0 Å². The summed E-state index contributed by atoms with van der Waals surface area (Å²) in [5.74, 6) is -4.31. The molecule has 4 amide bonds. The number of alkyl halides is 1. The van der Waals surface area contributed by atoms with Crippen LogP contribution in [0.2, 0.25) is 0 Å². The molecular formula is C38H53ClF2N14O8. The molecule has 4 heterocycles. The lowest BCUT2D eigenvalue weighted by atomic mass is 10.0. The molecule has 0 bridgehead atoms. The number of carbonyl (C=O) groups is 6. The minimum Gasteiger partial charge on any atom is -0.444 e. The van der Waals surface area contributed by atoms with Crippen molar-refractivity contribution in [2.24, 2.45) is 0 Å². The number of nitrogens with one attached hydrogen (secondary N) is 5. The zero-order valence-corrected chi connectivity index (χ0v) is 36.5. The number of amides is 4. The Kier molecular flexibility index (Phi) is 22.8. The number of ketones is 2. The van der Waals surface area contributed by atoms with Gasteiger partial charge in [-0.15, -0.1) is 32.0 Å². The third kappa shape index (κ3) is 22.7. The molecule has 0 unspecified atom stereocenters. The van der Waals surface area contributed by atoms with Crippen LogP contribution in [-0.4, -0.2) is 129 Å². The number of rotatable bonds is 19. The van der Waals surface area contributed by atoms with Crippen LogP contribution in [0.4, 0.5) is 18.4 Å². The fourth-order valence-electron chi connectivity index (χ4n) is 4.90. The number of aromatic amines is 1. The van der Waals surface area contributed by atoms with Gasteiger partial charge in [0.2, 0.25) is 11.9 Å². The molecule has 0 aliphatic carbocycles. The fraction of sp³-hybridized carbons (Fsp3) is 0.526. The Balaban J connectivity index is 0.000000392. The maximum Gasteiger partial charge on any atom is 0.407 e. The zero-order chi connectivity index (χ0) is 46.8. The monoisotopic (exact) mass is 906 g/mol. The Hall–Kier alpha value is -6.59. The summed E-state index contributed by atoms with van der Waals surface area (Å²) in [7, 11) is 0. The molecule has 0 aliphatic rings. The molecule has 5 N–H and O–H groups in total. The summed E-state index contributed by atoms with van der Waals surface area (Å²) >= 11 is 5.59. The van der Waals surface area contributed by atoms with Crippen molar-refractivity contribution in [3.05, 3.63) is 72.3 Å². The number of hydrogen-bond donors (Lipinski definition) is 5. The highest BCUT2D eigenvalue weighted by molar-refractivity contribution is 6.28. The van der Waals surface area contributed by atoms with Gasteiger partial charge in [-0.05, 0) is 110 Å². The van der Waals surface area contributed by atoms with Crippen LogP contribution in [0.1, 0.15) is 101 Å². The van der Waals surface area contributed by atoms with E-state index in [1.165, 1.54) is 49.3 Å². The minimum atomic E-state index is -0.925. The lowest BCUT2D eigenvalue weighted by molar-refractivity contribution is -0.122.